The van der Waals surface area contributed by atoms with Crippen LogP contribution < -0.4 is 10.9 Å². The third-order valence-corrected chi connectivity index (χ3v) is 3.54. The van der Waals surface area contributed by atoms with Gasteiger partial charge in [0.1, 0.15) is 0 Å². The maximum Gasteiger partial charge on any atom is 0.248 e. The Kier molecular flexibility index (Phi) is 4.57. The van der Waals surface area contributed by atoms with Gasteiger partial charge in [-0.1, -0.05) is 30.0 Å². The fraction of sp³-hybridized carbons (Fsp3) is 0.214. The summed E-state index contributed by atoms with van der Waals surface area (Å²) in [6, 6.07) is 9.84. The van der Waals surface area contributed by atoms with Gasteiger partial charge in [-0.3, -0.25) is 20.4 Å². The highest BCUT2D eigenvalue weighted by atomic mass is 32.2. The number of aryl methyl sites for hydroxylation is 1. The van der Waals surface area contributed by atoms with Crippen molar-refractivity contribution >= 4 is 34.5 Å². The van der Waals surface area contributed by atoms with Crippen molar-refractivity contribution in [3.05, 3.63) is 35.9 Å². The number of nitrogens with zero attached hydrogens (tertiary/aromatic N) is 1. The molecule has 6 heteroatoms. The summed E-state index contributed by atoms with van der Waals surface area (Å²) < 4.78 is 0. The quantitative estimate of drug-likeness (QED) is 0.667. The van der Waals surface area contributed by atoms with Crippen LogP contribution in [0.2, 0.25) is 0 Å². The first-order valence-corrected chi connectivity index (χ1v) is 7.09. The molecule has 0 unspecified atom stereocenters. The number of thioether (sulfide) groups is 1. The number of carbonyl (C=O) groups excluding carboxylic acids is 2. The molecule has 0 fully saturated rings. The third-order valence-electron chi connectivity index (χ3n) is 2.63. The van der Waals surface area contributed by atoms with Crippen molar-refractivity contribution in [2.75, 3.05) is 5.75 Å². The van der Waals surface area contributed by atoms with Crippen molar-refractivity contribution < 1.29 is 9.59 Å². The molecule has 0 atom stereocenters. The zero-order valence-corrected chi connectivity index (χ0v) is 12.1. The Morgan fingerprint density at radius 3 is 2.75 bits per heavy atom. The number of amides is 2. The number of hydrogen-bond donors (Lipinski definition) is 2. The van der Waals surface area contributed by atoms with E-state index in [-0.39, 0.29) is 17.6 Å². The SMILES string of the molecule is CC(=O)NNC(=O)CSc1cc(C)c2ccccc2n1. The number of hydrogen-bond acceptors (Lipinski definition) is 4. The molecule has 2 amide bonds. The van der Waals surface area contributed by atoms with E-state index in [1.807, 2.05) is 37.3 Å². The lowest BCUT2D eigenvalue weighted by atomic mass is 10.1. The topological polar surface area (TPSA) is 71.1 Å². The number of pyridine rings is 1. The highest BCUT2D eigenvalue weighted by molar-refractivity contribution is 7.99. The highest BCUT2D eigenvalue weighted by Gasteiger charge is 2.06. The first-order chi connectivity index (χ1) is 9.56. The number of hydrazine groups is 1. The average Bonchev–Trinajstić information content (AvgIpc) is 2.43. The summed E-state index contributed by atoms with van der Waals surface area (Å²) >= 11 is 1.33. The number of carbonyl (C=O) groups is 2. The lowest BCUT2D eigenvalue weighted by Gasteiger charge is -2.07. The number of fused-ring (bicyclic) bond motifs is 1. The van der Waals surface area contributed by atoms with E-state index in [1.165, 1.54) is 18.7 Å². The molecule has 0 bridgehead atoms. The van der Waals surface area contributed by atoms with Crippen LogP contribution in [0.1, 0.15) is 12.5 Å². The van der Waals surface area contributed by atoms with Crippen LogP contribution in [0.4, 0.5) is 0 Å². The molecule has 0 spiro atoms. The minimum atomic E-state index is -0.303. The molecule has 0 saturated carbocycles. The fourth-order valence-corrected chi connectivity index (χ4v) is 2.50. The van der Waals surface area contributed by atoms with E-state index in [4.69, 9.17) is 0 Å². The summed E-state index contributed by atoms with van der Waals surface area (Å²) in [6.07, 6.45) is 0. The number of para-hydroxylation sites is 1. The molecule has 104 valence electrons. The molecule has 1 aromatic carbocycles. The van der Waals surface area contributed by atoms with E-state index in [9.17, 15) is 9.59 Å². The molecule has 2 rings (SSSR count). The molecule has 0 aliphatic rings. The molecule has 20 heavy (non-hydrogen) atoms. The molecular weight excluding hydrogens is 274 g/mol. The van der Waals surface area contributed by atoms with Crippen molar-refractivity contribution in [1.82, 2.24) is 15.8 Å². The van der Waals surface area contributed by atoms with Crippen molar-refractivity contribution in [3.8, 4) is 0 Å². The van der Waals surface area contributed by atoms with Crippen LogP contribution in [0.25, 0.3) is 10.9 Å². The van der Waals surface area contributed by atoms with Gasteiger partial charge in [0, 0.05) is 12.3 Å². The molecule has 2 N–H and O–H groups in total. The largest absolute Gasteiger partial charge is 0.274 e. The van der Waals surface area contributed by atoms with Crippen molar-refractivity contribution in [2.24, 2.45) is 0 Å². The van der Waals surface area contributed by atoms with Gasteiger partial charge in [0.05, 0.1) is 16.3 Å². The highest BCUT2D eigenvalue weighted by Crippen LogP contribution is 2.23. The molecule has 1 heterocycles. The van der Waals surface area contributed by atoms with Crippen molar-refractivity contribution in [1.29, 1.82) is 0 Å². The number of rotatable bonds is 3. The van der Waals surface area contributed by atoms with E-state index in [1.54, 1.807) is 0 Å². The molecule has 0 saturated heterocycles. The second kappa shape index (κ2) is 6.38. The first-order valence-electron chi connectivity index (χ1n) is 6.11. The van der Waals surface area contributed by atoms with Gasteiger partial charge in [0.15, 0.2) is 0 Å². The zero-order valence-electron chi connectivity index (χ0n) is 11.3. The standard InChI is InChI=1S/C14H15N3O2S/c1-9-7-14(15-12-6-4-3-5-11(9)12)20-8-13(19)17-16-10(2)18/h3-7H,8H2,1-2H3,(H,16,18)(H,17,19). The minimum Gasteiger partial charge on any atom is -0.274 e. The number of aromatic nitrogens is 1. The lowest BCUT2D eigenvalue weighted by molar-refractivity contribution is -0.126. The predicted molar refractivity (Wildman–Crippen MR) is 79.2 cm³/mol. The summed E-state index contributed by atoms with van der Waals surface area (Å²) in [6.45, 7) is 3.35. The van der Waals surface area contributed by atoms with Crippen LogP contribution in [0.3, 0.4) is 0 Å². The lowest BCUT2D eigenvalue weighted by Crippen LogP contribution is -2.41. The normalized spacial score (nSPS) is 10.3. The Labute approximate surface area is 121 Å². The van der Waals surface area contributed by atoms with E-state index >= 15 is 0 Å². The molecule has 0 aliphatic heterocycles. The summed E-state index contributed by atoms with van der Waals surface area (Å²) in [5, 5.41) is 1.90. The van der Waals surface area contributed by atoms with Crippen LogP contribution in [0.5, 0.6) is 0 Å². The van der Waals surface area contributed by atoms with Gasteiger partial charge in [-0.15, -0.1) is 0 Å². The van der Waals surface area contributed by atoms with Crippen LogP contribution in [-0.2, 0) is 9.59 Å². The number of nitrogens with one attached hydrogen (secondary N) is 2. The summed E-state index contributed by atoms with van der Waals surface area (Å²) in [7, 11) is 0. The van der Waals surface area contributed by atoms with Crippen LogP contribution in [-0.4, -0.2) is 22.6 Å². The van der Waals surface area contributed by atoms with Crippen LogP contribution in [0, 0.1) is 6.92 Å². The molecule has 5 nitrogen and oxygen atoms in total. The average molecular weight is 289 g/mol. The number of benzene rings is 1. The Morgan fingerprint density at radius 2 is 2.00 bits per heavy atom. The smallest absolute Gasteiger partial charge is 0.248 e. The third kappa shape index (κ3) is 3.71. The maximum absolute atomic E-state index is 11.5. The summed E-state index contributed by atoms with van der Waals surface area (Å²) in [4.78, 5) is 26.7. The maximum atomic E-state index is 11.5. The Hall–Kier alpha value is -2.08. The fourth-order valence-electron chi connectivity index (χ4n) is 1.73. The van der Waals surface area contributed by atoms with Gasteiger partial charge in [0.2, 0.25) is 11.8 Å². The van der Waals surface area contributed by atoms with Crippen molar-refractivity contribution in [3.63, 3.8) is 0 Å². The Balaban J connectivity index is 2.03. The second-order valence-electron chi connectivity index (χ2n) is 4.31. The molecule has 0 aliphatic carbocycles. The Morgan fingerprint density at radius 1 is 1.25 bits per heavy atom. The van der Waals surface area contributed by atoms with Crippen LogP contribution >= 0.6 is 11.8 Å². The molecule has 0 radical (unpaired) electrons. The zero-order chi connectivity index (χ0) is 14.5. The van der Waals surface area contributed by atoms with Gasteiger partial charge in [-0.2, -0.15) is 0 Å². The molecule has 2 aromatic rings. The first kappa shape index (κ1) is 14.3. The Bertz CT molecular complexity index is 658. The van der Waals surface area contributed by atoms with Gasteiger partial charge >= 0.3 is 0 Å². The van der Waals surface area contributed by atoms with Crippen molar-refractivity contribution in [2.45, 2.75) is 18.9 Å². The summed E-state index contributed by atoms with van der Waals surface area (Å²) in [5.74, 6) is -0.369. The molecular formula is C14H15N3O2S. The van der Waals surface area contributed by atoms with E-state index < -0.39 is 0 Å². The van der Waals surface area contributed by atoms with E-state index in [2.05, 4.69) is 15.8 Å². The monoisotopic (exact) mass is 289 g/mol. The van der Waals surface area contributed by atoms with Crippen LogP contribution in [0.15, 0.2) is 35.4 Å². The van der Waals surface area contributed by atoms with Gasteiger partial charge in [0.25, 0.3) is 0 Å². The van der Waals surface area contributed by atoms with Gasteiger partial charge in [-0.05, 0) is 24.6 Å². The second-order valence-corrected chi connectivity index (χ2v) is 5.31. The minimum absolute atomic E-state index is 0.199. The van der Waals surface area contributed by atoms with Gasteiger partial charge < -0.3 is 0 Å². The molecule has 1 aromatic heterocycles. The van der Waals surface area contributed by atoms with E-state index in [0.29, 0.717) is 0 Å². The summed E-state index contributed by atoms with van der Waals surface area (Å²) in [5.41, 5.74) is 6.61. The predicted octanol–water partition coefficient (Wildman–Crippen LogP) is 1.80. The van der Waals surface area contributed by atoms with E-state index in [0.717, 1.165) is 21.5 Å². The van der Waals surface area contributed by atoms with Gasteiger partial charge in [-0.25, -0.2) is 4.98 Å².